The Labute approximate surface area is 145 Å². The van der Waals surface area contributed by atoms with Gasteiger partial charge in [-0.15, -0.1) is 0 Å². The zero-order valence-electron chi connectivity index (χ0n) is 14.0. The fourth-order valence-electron chi connectivity index (χ4n) is 2.92. The van der Waals surface area contributed by atoms with Crippen molar-refractivity contribution >= 4 is 22.4 Å². The van der Waals surface area contributed by atoms with Gasteiger partial charge in [-0.25, -0.2) is 0 Å². The molecule has 0 aromatic heterocycles. The van der Waals surface area contributed by atoms with E-state index in [0.717, 1.165) is 16.3 Å². The van der Waals surface area contributed by atoms with E-state index >= 15 is 0 Å². The van der Waals surface area contributed by atoms with Gasteiger partial charge < -0.3 is 5.32 Å². The Kier molecular flexibility index (Phi) is 4.48. The van der Waals surface area contributed by atoms with Gasteiger partial charge in [0.15, 0.2) is 0 Å². The summed E-state index contributed by atoms with van der Waals surface area (Å²) in [6.07, 6.45) is 0. The molecule has 0 fully saturated rings. The lowest BCUT2D eigenvalue weighted by atomic mass is 10.0. The number of carbonyl (C=O) groups is 1. The molecule has 3 aromatic carbocycles. The Morgan fingerprint density at radius 1 is 1.04 bits per heavy atom. The normalized spacial score (nSPS) is 11.9. The fourth-order valence-corrected chi connectivity index (χ4v) is 2.92. The first kappa shape index (κ1) is 16.6. The van der Waals surface area contributed by atoms with Gasteiger partial charge >= 0.3 is 0 Å². The molecule has 0 aliphatic heterocycles. The van der Waals surface area contributed by atoms with Crippen LogP contribution in [0.25, 0.3) is 10.8 Å². The number of nitrogens with zero attached hydrogens (tertiary/aromatic N) is 1. The van der Waals surface area contributed by atoms with Crippen LogP contribution in [0.2, 0.25) is 0 Å². The van der Waals surface area contributed by atoms with Gasteiger partial charge in [0.2, 0.25) is 0 Å². The molecule has 5 nitrogen and oxygen atoms in total. The first-order valence-corrected chi connectivity index (χ1v) is 8.01. The topological polar surface area (TPSA) is 72.2 Å². The van der Waals surface area contributed by atoms with Gasteiger partial charge in [-0.3, -0.25) is 14.9 Å². The summed E-state index contributed by atoms with van der Waals surface area (Å²) < 4.78 is 0. The van der Waals surface area contributed by atoms with Crippen LogP contribution < -0.4 is 5.32 Å². The number of nitro benzene ring substituents is 1. The van der Waals surface area contributed by atoms with Crippen LogP contribution in [-0.4, -0.2) is 10.8 Å². The number of hydrogen-bond donors (Lipinski definition) is 1. The molecule has 126 valence electrons. The average Bonchev–Trinajstić information content (AvgIpc) is 2.60. The van der Waals surface area contributed by atoms with Crippen LogP contribution in [0.5, 0.6) is 0 Å². The van der Waals surface area contributed by atoms with Crippen molar-refractivity contribution < 1.29 is 9.72 Å². The maximum atomic E-state index is 12.6. The number of nitrogens with one attached hydrogen (secondary N) is 1. The smallest absolute Gasteiger partial charge is 0.285 e. The molecule has 1 N–H and O–H groups in total. The van der Waals surface area contributed by atoms with Crippen LogP contribution in [0.4, 0.5) is 5.69 Å². The summed E-state index contributed by atoms with van der Waals surface area (Å²) in [6.45, 7) is 3.49. The van der Waals surface area contributed by atoms with E-state index in [9.17, 15) is 14.9 Å². The highest BCUT2D eigenvalue weighted by molar-refractivity contribution is 5.99. The Balaban J connectivity index is 1.87. The minimum absolute atomic E-state index is 0.0811. The predicted octanol–water partition coefficient (Wildman–Crippen LogP) is 4.55. The second-order valence-corrected chi connectivity index (χ2v) is 6.03. The SMILES string of the molecule is Cc1cccc(C(=O)NC(C)c2ccc3ccccc3c2)c1[N+](=O)[O-]. The first-order valence-electron chi connectivity index (χ1n) is 8.01. The Morgan fingerprint density at radius 2 is 1.76 bits per heavy atom. The fraction of sp³-hybridized carbons (Fsp3) is 0.150. The lowest BCUT2D eigenvalue weighted by Gasteiger charge is -2.15. The van der Waals surface area contributed by atoms with Crippen LogP contribution >= 0.6 is 0 Å². The third-order valence-corrected chi connectivity index (χ3v) is 4.29. The molecule has 1 atom stereocenters. The molecule has 0 bridgehead atoms. The highest BCUT2D eigenvalue weighted by Crippen LogP contribution is 2.25. The molecular formula is C20H18N2O3. The zero-order chi connectivity index (χ0) is 18.0. The van der Waals surface area contributed by atoms with Crippen LogP contribution in [0.1, 0.15) is 34.5 Å². The van der Waals surface area contributed by atoms with E-state index in [1.807, 2.05) is 49.4 Å². The predicted molar refractivity (Wildman–Crippen MR) is 97.7 cm³/mol. The van der Waals surface area contributed by atoms with Crippen molar-refractivity contribution in [2.24, 2.45) is 0 Å². The summed E-state index contributed by atoms with van der Waals surface area (Å²) in [4.78, 5) is 23.3. The number of nitro groups is 1. The van der Waals surface area contributed by atoms with E-state index in [4.69, 9.17) is 0 Å². The van der Waals surface area contributed by atoms with E-state index < -0.39 is 10.8 Å². The van der Waals surface area contributed by atoms with E-state index in [2.05, 4.69) is 5.32 Å². The summed E-state index contributed by atoms with van der Waals surface area (Å²) in [5.41, 5.74) is 1.35. The van der Waals surface area contributed by atoms with E-state index in [1.54, 1.807) is 19.1 Å². The van der Waals surface area contributed by atoms with Crippen molar-refractivity contribution in [2.45, 2.75) is 19.9 Å². The molecule has 25 heavy (non-hydrogen) atoms. The third kappa shape index (κ3) is 3.35. The molecule has 1 amide bonds. The second kappa shape index (κ2) is 6.73. The summed E-state index contributed by atoms with van der Waals surface area (Å²) in [6, 6.07) is 18.4. The number of amides is 1. The number of hydrogen-bond acceptors (Lipinski definition) is 3. The van der Waals surface area contributed by atoms with Crippen LogP contribution in [0.3, 0.4) is 0 Å². The van der Waals surface area contributed by atoms with Crippen LogP contribution in [0, 0.1) is 17.0 Å². The lowest BCUT2D eigenvalue weighted by Crippen LogP contribution is -2.27. The first-order chi connectivity index (χ1) is 12.0. The minimum Gasteiger partial charge on any atom is -0.345 e. The molecule has 3 aromatic rings. The maximum absolute atomic E-state index is 12.6. The Hall–Kier alpha value is -3.21. The standard InChI is InChI=1S/C20H18N2O3/c1-13-6-5-9-18(19(13)22(24)25)20(23)21-14(2)16-11-10-15-7-3-4-8-17(15)12-16/h3-12,14H,1-2H3,(H,21,23). The molecular weight excluding hydrogens is 316 g/mol. The molecule has 0 heterocycles. The largest absolute Gasteiger partial charge is 0.345 e. The summed E-state index contributed by atoms with van der Waals surface area (Å²) >= 11 is 0. The second-order valence-electron chi connectivity index (χ2n) is 6.03. The molecule has 1 unspecified atom stereocenters. The van der Waals surface area contributed by atoms with Gasteiger partial charge in [-0.2, -0.15) is 0 Å². The van der Waals surface area contributed by atoms with Gasteiger partial charge in [-0.05, 0) is 42.3 Å². The molecule has 0 radical (unpaired) electrons. The molecule has 5 heteroatoms. The Morgan fingerprint density at radius 3 is 2.48 bits per heavy atom. The number of para-hydroxylation sites is 1. The van der Waals surface area contributed by atoms with Crippen molar-refractivity contribution in [3.8, 4) is 0 Å². The van der Waals surface area contributed by atoms with E-state index in [1.165, 1.54) is 6.07 Å². The van der Waals surface area contributed by atoms with Crippen molar-refractivity contribution in [3.63, 3.8) is 0 Å². The van der Waals surface area contributed by atoms with Gasteiger partial charge in [0, 0.05) is 5.56 Å². The highest BCUT2D eigenvalue weighted by atomic mass is 16.6. The van der Waals surface area contributed by atoms with Gasteiger partial charge in [0.25, 0.3) is 11.6 Å². The molecule has 3 rings (SSSR count). The van der Waals surface area contributed by atoms with Gasteiger partial charge in [0.05, 0.1) is 11.0 Å². The number of benzene rings is 3. The molecule has 0 spiro atoms. The lowest BCUT2D eigenvalue weighted by molar-refractivity contribution is -0.385. The minimum atomic E-state index is -0.509. The average molecular weight is 334 g/mol. The van der Waals surface area contributed by atoms with Crippen LogP contribution in [-0.2, 0) is 0 Å². The highest BCUT2D eigenvalue weighted by Gasteiger charge is 2.23. The number of carbonyl (C=O) groups excluding carboxylic acids is 1. The zero-order valence-corrected chi connectivity index (χ0v) is 14.0. The monoisotopic (exact) mass is 334 g/mol. The summed E-state index contributed by atoms with van der Waals surface area (Å²) in [5, 5.41) is 16.3. The van der Waals surface area contributed by atoms with Gasteiger partial charge in [-0.1, -0.05) is 48.5 Å². The Bertz CT molecular complexity index is 966. The summed E-state index contributed by atoms with van der Waals surface area (Å²) in [7, 11) is 0. The van der Waals surface area contributed by atoms with Crippen LogP contribution in [0.15, 0.2) is 60.7 Å². The van der Waals surface area contributed by atoms with Crippen molar-refractivity contribution in [1.29, 1.82) is 0 Å². The van der Waals surface area contributed by atoms with Crippen molar-refractivity contribution in [3.05, 3.63) is 87.5 Å². The van der Waals surface area contributed by atoms with Crippen molar-refractivity contribution in [2.75, 3.05) is 0 Å². The molecule has 0 saturated heterocycles. The molecule has 0 aliphatic rings. The van der Waals surface area contributed by atoms with E-state index in [0.29, 0.717) is 5.56 Å². The molecule has 0 aliphatic carbocycles. The number of rotatable bonds is 4. The van der Waals surface area contributed by atoms with Crippen molar-refractivity contribution in [1.82, 2.24) is 5.32 Å². The third-order valence-electron chi connectivity index (χ3n) is 4.29. The van der Waals surface area contributed by atoms with Gasteiger partial charge in [0.1, 0.15) is 5.56 Å². The summed E-state index contributed by atoms with van der Waals surface area (Å²) in [5.74, 6) is -0.448. The maximum Gasteiger partial charge on any atom is 0.285 e. The quantitative estimate of drug-likeness (QED) is 0.562. The number of aryl methyl sites for hydroxylation is 1. The number of fused-ring (bicyclic) bond motifs is 1. The molecule has 0 saturated carbocycles. The van der Waals surface area contributed by atoms with E-state index in [-0.39, 0.29) is 17.3 Å².